The van der Waals surface area contributed by atoms with Crippen molar-refractivity contribution in [1.29, 1.82) is 0 Å². The molecule has 0 aliphatic rings. The number of hydrogen-bond acceptors (Lipinski definition) is 5. The summed E-state index contributed by atoms with van der Waals surface area (Å²) in [5, 5.41) is 0. The summed E-state index contributed by atoms with van der Waals surface area (Å²) in [7, 11) is 3.55. The van der Waals surface area contributed by atoms with Crippen molar-refractivity contribution >= 4 is 11.5 Å². The molecule has 2 aromatic heterocycles. The van der Waals surface area contributed by atoms with Crippen molar-refractivity contribution in [3.05, 3.63) is 42.2 Å². The summed E-state index contributed by atoms with van der Waals surface area (Å²) in [6.45, 7) is 0.830. The maximum atomic E-state index is 5.75. The molecule has 5 nitrogen and oxygen atoms in total. The largest absolute Gasteiger partial charge is 0.479 e. The van der Waals surface area contributed by atoms with Crippen LogP contribution in [0.4, 0.5) is 11.5 Å². The zero-order valence-electron chi connectivity index (χ0n) is 11.2. The molecule has 0 aromatic carbocycles. The van der Waals surface area contributed by atoms with E-state index in [1.54, 1.807) is 19.4 Å². The van der Waals surface area contributed by atoms with E-state index < -0.39 is 0 Å². The van der Waals surface area contributed by atoms with Gasteiger partial charge < -0.3 is 15.4 Å². The van der Waals surface area contributed by atoms with Crippen LogP contribution in [0.1, 0.15) is 5.69 Å². The number of pyridine rings is 2. The third kappa shape index (κ3) is 3.34. The summed E-state index contributed by atoms with van der Waals surface area (Å²) in [5.74, 6) is 1.30. The molecule has 0 spiro atoms. The number of nitrogens with two attached hydrogens (primary N) is 1. The van der Waals surface area contributed by atoms with Crippen molar-refractivity contribution in [3.8, 4) is 5.88 Å². The van der Waals surface area contributed by atoms with Crippen LogP contribution in [0.2, 0.25) is 0 Å². The monoisotopic (exact) mass is 258 g/mol. The van der Waals surface area contributed by atoms with Crippen LogP contribution in [0.5, 0.6) is 5.88 Å². The highest BCUT2D eigenvalue weighted by Gasteiger charge is 2.07. The Morgan fingerprint density at radius 1 is 1.26 bits per heavy atom. The predicted molar refractivity (Wildman–Crippen MR) is 76.4 cm³/mol. The maximum absolute atomic E-state index is 5.75. The van der Waals surface area contributed by atoms with E-state index in [2.05, 4.69) is 14.9 Å². The summed E-state index contributed by atoms with van der Waals surface area (Å²) in [5.41, 5.74) is 7.36. The highest BCUT2D eigenvalue weighted by Crippen LogP contribution is 2.22. The molecule has 0 atom stereocenters. The fourth-order valence-electron chi connectivity index (χ4n) is 1.76. The smallest absolute Gasteiger partial charge is 0.238 e. The molecular formula is C14H18N4O. The van der Waals surface area contributed by atoms with Crippen molar-refractivity contribution in [2.45, 2.75) is 6.42 Å². The lowest BCUT2D eigenvalue weighted by molar-refractivity contribution is 0.400. The number of rotatable bonds is 5. The number of likely N-dealkylation sites (N-methyl/N-ethyl adjacent to an activating group) is 1. The number of aromatic nitrogens is 2. The van der Waals surface area contributed by atoms with Crippen LogP contribution in [0, 0.1) is 0 Å². The van der Waals surface area contributed by atoms with Gasteiger partial charge in [-0.3, -0.25) is 4.98 Å². The van der Waals surface area contributed by atoms with Gasteiger partial charge in [-0.1, -0.05) is 6.07 Å². The Kier molecular flexibility index (Phi) is 4.18. The quantitative estimate of drug-likeness (QED) is 0.885. The minimum Gasteiger partial charge on any atom is -0.479 e. The topological polar surface area (TPSA) is 64.3 Å². The van der Waals surface area contributed by atoms with Gasteiger partial charge in [-0.05, 0) is 24.3 Å². The summed E-state index contributed by atoms with van der Waals surface area (Å²) in [4.78, 5) is 10.7. The predicted octanol–water partition coefficient (Wildman–Crippen LogP) is 1.75. The van der Waals surface area contributed by atoms with Gasteiger partial charge in [0.1, 0.15) is 5.82 Å². The Morgan fingerprint density at radius 2 is 2.11 bits per heavy atom. The molecule has 19 heavy (non-hydrogen) atoms. The highest BCUT2D eigenvalue weighted by atomic mass is 16.5. The van der Waals surface area contributed by atoms with Crippen molar-refractivity contribution in [2.75, 3.05) is 31.3 Å². The van der Waals surface area contributed by atoms with Crippen LogP contribution in [0.15, 0.2) is 36.5 Å². The second-order valence-electron chi connectivity index (χ2n) is 4.26. The molecule has 0 aliphatic heterocycles. The van der Waals surface area contributed by atoms with E-state index in [1.807, 2.05) is 31.3 Å². The molecule has 2 N–H and O–H groups in total. The van der Waals surface area contributed by atoms with Crippen LogP contribution in [-0.2, 0) is 6.42 Å². The maximum Gasteiger partial charge on any atom is 0.238 e. The molecule has 0 bridgehead atoms. The minimum atomic E-state index is 0.460. The summed E-state index contributed by atoms with van der Waals surface area (Å²) in [6, 6.07) is 9.62. The fraction of sp³-hybridized carbons (Fsp3) is 0.286. The average molecular weight is 258 g/mol. The van der Waals surface area contributed by atoms with Gasteiger partial charge in [-0.25, -0.2) is 0 Å². The van der Waals surface area contributed by atoms with E-state index in [1.165, 1.54) is 0 Å². The minimum absolute atomic E-state index is 0.460. The molecule has 0 saturated carbocycles. The lowest BCUT2D eigenvalue weighted by Gasteiger charge is -2.18. The van der Waals surface area contributed by atoms with Gasteiger partial charge in [0.2, 0.25) is 5.88 Å². The van der Waals surface area contributed by atoms with Crippen molar-refractivity contribution in [3.63, 3.8) is 0 Å². The summed E-state index contributed by atoms with van der Waals surface area (Å²) >= 11 is 0. The Balaban J connectivity index is 2.02. The zero-order valence-corrected chi connectivity index (χ0v) is 11.2. The van der Waals surface area contributed by atoms with Gasteiger partial charge in [-0.15, -0.1) is 0 Å². The number of nitrogens with zero attached hydrogens (tertiary/aromatic N) is 3. The Hall–Kier alpha value is -2.30. The van der Waals surface area contributed by atoms with E-state index >= 15 is 0 Å². The van der Waals surface area contributed by atoms with Crippen molar-refractivity contribution in [1.82, 2.24) is 9.97 Å². The lowest BCUT2D eigenvalue weighted by atomic mass is 10.2. The molecular weight excluding hydrogens is 240 g/mol. The number of hydrogen-bond donors (Lipinski definition) is 1. The number of anilines is 2. The first-order chi connectivity index (χ1) is 9.20. The second kappa shape index (κ2) is 6.04. The highest BCUT2D eigenvalue weighted by molar-refractivity contribution is 5.54. The van der Waals surface area contributed by atoms with Crippen molar-refractivity contribution < 1.29 is 4.74 Å². The number of ether oxygens (including phenoxy) is 1. The number of methoxy groups -OCH3 is 1. The molecule has 0 fully saturated rings. The Bertz CT molecular complexity index is 530. The van der Waals surface area contributed by atoms with Crippen LogP contribution >= 0.6 is 0 Å². The van der Waals surface area contributed by atoms with E-state index in [0.29, 0.717) is 11.6 Å². The number of nitrogen functional groups attached to an aromatic ring is 1. The van der Waals surface area contributed by atoms with Gasteiger partial charge in [0.05, 0.1) is 12.8 Å². The van der Waals surface area contributed by atoms with Crippen LogP contribution in [0.3, 0.4) is 0 Å². The summed E-state index contributed by atoms with van der Waals surface area (Å²) < 4.78 is 5.12. The Morgan fingerprint density at radius 3 is 2.79 bits per heavy atom. The SMILES string of the molecule is COc1nc(N(C)CCc2ccccn2)ccc1N. The van der Waals surface area contributed by atoms with E-state index in [-0.39, 0.29) is 0 Å². The van der Waals surface area contributed by atoms with Gasteiger partial charge in [0.25, 0.3) is 0 Å². The van der Waals surface area contributed by atoms with Gasteiger partial charge in [0, 0.05) is 31.9 Å². The molecule has 5 heteroatoms. The van der Waals surface area contributed by atoms with Crippen LogP contribution < -0.4 is 15.4 Å². The molecule has 0 saturated heterocycles. The molecule has 2 aromatic rings. The zero-order chi connectivity index (χ0) is 13.7. The summed E-state index contributed by atoms with van der Waals surface area (Å²) in [6.07, 6.45) is 2.67. The normalized spacial score (nSPS) is 10.2. The molecule has 2 rings (SSSR count). The van der Waals surface area contributed by atoms with E-state index in [4.69, 9.17) is 10.5 Å². The fourth-order valence-corrected chi connectivity index (χ4v) is 1.76. The Labute approximate surface area is 113 Å². The third-order valence-electron chi connectivity index (χ3n) is 2.89. The van der Waals surface area contributed by atoms with Gasteiger partial charge in [0.15, 0.2) is 0 Å². The third-order valence-corrected chi connectivity index (χ3v) is 2.89. The molecule has 0 aliphatic carbocycles. The van der Waals surface area contributed by atoms with Gasteiger partial charge in [-0.2, -0.15) is 4.98 Å². The lowest BCUT2D eigenvalue weighted by Crippen LogP contribution is -2.21. The molecule has 100 valence electrons. The molecule has 0 amide bonds. The first-order valence-electron chi connectivity index (χ1n) is 6.12. The molecule has 0 radical (unpaired) electrons. The van der Waals surface area contributed by atoms with Crippen LogP contribution in [-0.4, -0.2) is 30.7 Å². The van der Waals surface area contributed by atoms with E-state index in [0.717, 1.165) is 24.5 Å². The van der Waals surface area contributed by atoms with Crippen LogP contribution in [0.25, 0.3) is 0 Å². The average Bonchev–Trinajstić information content (AvgIpc) is 2.46. The standard InChI is InChI=1S/C14H18N4O/c1-18(10-8-11-5-3-4-9-16-11)13-7-6-12(15)14(17-13)19-2/h3-7,9H,8,10,15H2,1-2H3. The van der Waals surface area contributed by atoms with Gasteiger partial charge >= 0.3 is 0 Å². The molecule has 2 heterocycles. The molecule has 0 unspecified atom stereocenters. The second-order valence-corrected chi connectivity index (χ2v) is 4.26. The van der Waals surface area contributed by atoms with E-state index in [9.17, 15) is 0 Å². The first kappa shape index (κ1) is 13.1. The van der Waals surface area contributed by atoms with Crippen molar-refractivity contribution in [2.24, 2.45) is 0 Å². The first-order valence-corrected chi connectivity index (χ1v) is 6.12.